The molecular formula is C13H16ClN5O. The summed E-state index contributed by atoms with van der Waals surface area (Å²) in [5, 5.41) is 7.13. The standard InChI is InChI=1S/C13H16ClN5O/c1-7(2)12-15-6-9(14)11(17-12)13(20)16-10-5-8(3)18-19(10)4/h5-7H,1-4H3,(H,16,20). The zero-order valence-electron chi connectivity index (χ0n) is 11.8. The first kappa shape index (κ1) is 14.5. The molecule has 0 aliphatic heterocycles. The summed E-state index contributed by atoms with van der Waals surface area (Å²) < 4.78 is 1.59. The van der Waals surface area contributed by atoms with Crippen molar-refractivity contribution in [3.63, 3.8) is 0 Å². The Bertz CT molecular complexity index is 650. The molecule has 0 unspecified atom stereocenters. The van der Waals surface area contributed by atoms with E-state index >= 15 is 0 Å². The zero-order chi connectivity index (χ0) is 14.9. The second-order valence-electron chi connectivity index (χ2n) is 4.83. The summed E-state index contributed by atoms with van der Waals surface area (Å²) in [4.78, 5) is 20.6. The number of halogens is 1. The van der Waals surface area contributed by atoms with E-state index in [0.29, 0.717) is 11.6 Å². The third-order valence-corrected chi connectivity index (χ3v) is 3.01. The molecule has 0 atom stereocenters. The fourth-order valence-corrected chi connectivity index (χ4v) is 1.90. The molecule has 1 amide bonds. The van der Waals surface area contributed by atoms with Gasteiger partial charge in [-0.2, -0.15) is 5.10 Å². The third-order valence-electron chi connectivity index (χ3n) is 2.74. The Labute approximate surface area is 122 Å². The number of hydrogen-bond donors (Lipinski definition) is 1. The van der Waals surface area contributed by atoms with Crippen LogP contribution in [-0.4, -0.2) is 25.7 Å². The molecule has 2 heterocycles. The maximum Gasteiger partial charge on any atom is 0.277 e. The molecule has 6 nitrogen and oxygen atoms in total. The molecule has 2 rings (SSSR count). The minimum Gasteiger partial charge on any atom is -0.305 e. The van der Waals surface area contributed by atoms with Gasteiger partial charge in [0.25, 0.3) is 5.91 Å². The lowest BCUT2D eigenvalue weighted by molar-refractivity contribution is 0.102. The van der Waals surface area contributed by atoms with E-state index in [1.165, 1.54) is 6.20 Å². The number of nitrogens with one attached hydrogen (secondary N) is 1. The minimum atomic E-state index is -0.373. The molecule has 0 fully saturated rings. The zero-order valence-corrected chi connectivity index (χ0v) is 12.6. The van der Waals surface area contributed by atoms with Crippen molar-refractivity contribution in [3.05, 3.63) is 34.5 Å². The number of carbonyl (C=O) groups is 1. The summed E-state index contributed by atoms with van der Waals surface area (Å²) in [6.07, 6.45) is 1.45. The SMILES string of the molecule is Cc1cc(NC(=O)c2nc(C(C)C)ncc2Cl)n(C)n1. The van der Waals surface area contributed by atoms with Crippen molar-refractivity contribution in [2.75, 3.05) is 5.32 Å². The van der Waals surface area contributed by atoms with Crippen molar-refractivity contribution in [1.29, 1.82) is 0 Å². The van der Waals surface area contributed by atoms with Crippen LogP contribution in [0, 0.1) is 6.92 Å². The quantitative estimate of drug-likeness (QED) is 0.944. The Morgan fingerprint density at radius 3 is 2.70 bits per heavy atom. The molecule has 0 aliphatic rings. The van der Waals surface area contributed by atoms with Gasteiger partial charge in [0.05, 0.1) is 16.9 Å². The summed E-state index contributed by atoms with van der Waals surface area (Å²) in [5.74, 6) is 0.925. The summed E-state index contributed by atoms with van der Waals surface area (Å²) >= 11 is 6.00. The Morgan fingerprint density at radius 1 is 1.45 bits per heavy atom. The Kier molecular flexibility index (Phi) is 4.04. The van der Waals surface area contributed by atoms with Crippen LogP contribution in [0.1, 0.15) is 41.8 Å². The van der Waals surface area contributed by atoms with Gasteiger partial charge in [-0.15, -0.1) is 0 Å². The van der Waals surface area contributed by atoms with E-state index in [-0.39, 0.29) is 22.5 Å². The number of carbonyl (C=O) groups excluding carboxylic acids is 1. The first-order chi connectivity index (χ1) is 9.38. The van der Waals surface area contributed by atoms with Gasteiger partial charge in [0.15, 0.2) is 5.69 Å². The van der Waals surface area contributed by atoms with Gasteiger partial charge in [0.2, 0.25) is 0 Å². The van der Waals surface area contributed by atoms with E-state index in [9.17, 15) is 4.79 Å². The molecule has 7 heteroatoms. The molecule has 1 N–H and O–H groups in total. The molecule has 0 aliphatic carbocycles. The van der Waals surface area contributed by atoms with Gasteiger partial charge in [-0.25, -0.2) is 9.97 Å². The fourth-order valence-electron chi connectivity index (χ4n) is 1.72. The van der Waals surface area contributed by atoms with Gasteiger partial charge in [0.1, 0.15) is 11.6 Å². The highest BCUT2D eigenvalue weighted by Gasteiger charge is 2.17. The molecule has 0 bridgehead atoms. The van der Waals surface area contributed by atoms with Crippen molar-refractivity contribution in [2.24, 2.45) is 7.05 Å². The number of rotatable bonds is 3. The first-order valence-electron chi connectivity index (χ1n) is 6.23. The lowest BCUT2D eigenvalue weighted by Gasteiger charge is -2.08. The predicted octanol–water partition coefficient (Wildman–Crippen LogP) is 2.55. The Morgan fingerprint density at radius 2 is 2.15 bits per heavy atom. The topological polar surface area (TPSA) is 72.7 Å². The van der Waals surface area contributed by atoms with Crippen molar-refractivity contribution in [2.45, 2.75) is 26.7 Å². The molecule has 2 aromatic rings. The van der Waals surface area contributed by atoms with E-state index in [4.69, 9.17) is 11.6 Å². The molecule has 0 saturated heterocycles. The Balaban J connectivity index is 2.29. The van der Waals surface area contributed by atoms with Crippen LogP contribution in [0.4, 0.5) is 5.82 Å². The van der Waals surface area contributed by atoms with Gasteiger partial charge < -0.3 is 5.32 Å². The Hall–Kier alpha value is -1.95. The molecule has 0 saturated carbocycles. The number of nitrogens with zero attached hydrogens (tertiary/aromatic N) is 4. The number of amides is 1. The summed E-state index contributed by atoms with van der Waals surface area (Å²) in [5.41, 5.74) is 0.990. The molecular weight excluding hydrogens is 278 g/mol. The highest BCUT2D eigenvalue weighted by atomic mass is 35.5. The van der Waals surface area contributed by atoms with E-state index in [0.717, 1.165) is 5.69 Å². The van der Waals surface area contributed by atoms with Crippen LogP contribution in [0.25, 0.3) is 0 Å². The number of aromatic nitrogens is 4. The number of aryl methyl sites for hydroxylation is 2. The highest BCUT2D eigenvalue weighted by Crippen LogP contribution is 2.18. The van der Waals surface area contributed by atoms with Crippen LogP contribution in [0.2, 0.25) is 5.02 Å². The average molecular weight is 294 g/mol. The van der Waals surface area contributed by atoms with E-state index in [1.54, 1.807) is 17.8 Å². The highest BCUT2D eigenvalue weighted by molar-refractivity contribution is 6.33. The normalized spacial score (nSPS) is 10.9. The minimum absolute atomic E-state index is 0.123. The van der Waals surface area contributed by atoms with Gasteiger partial charge in [0, 0.05) is 19.0 Å². The van der Waals surface area contributed by atoms with Crippen LogP contribution in [0.5, 0.6) is 0 Å². The first-order valence-corrected chi connectivity index (χ1v) is 6.60. The summed E-state index contributed by atoms with van der Waals surface area (Å²) in [6, 6.07) is 1.77. The second-order valence-corrected chi connectivity index (χ2v) is 5.24. The average Bonchev–Trinajstić information content (AvgIpc) is 2.67. The van der Waals surface area contributed by atoms with Gasteiger partial charge in [-0.1, -0.05) is 25.4 Å². The summed E-state index contributed by atoms with van der Waals surface area (Å²) in [7, 11) is 1.75. The van der Waals surface area contributed by atoms with Crippen LogP contribution >= 0.6 is 11.6 Å². The summed E-state index contributed by atoms with van der Waals surface area (Å²) in [6.45, 7) is 5.76. The van der Waals surface area contributed by atoms with Crippen LogP contribution in [0.3, 0.4) is 0 Å². The van der Waals surface area contributed by atoms with Crippen LogP contribution in [0.15, 0.2) is 12.3 Å². The van der Waals surface area contributed by atoms with E-state index in [1.807, 2.05) is 20.8 Å². The van der Waals surface area contributed by atoms with Crippen LogP contribution < -0.4 is 5.32 Å². The maximum atomic E-state index is 12.2. The lowest BCUT2D eigenvalue weighted by atomic mass is 10.2. The number of anilines is 1. The van der Waals surface area contributed by atoms with Gasteiger partial charge >= 0.3 is 0 Å². The maximum absolute atomic E-state index is 12.2. The monoisotopic (exact) mass is 293 g/mol. The fraction of sp³-hybridized carbons (Fsp3) is 0.385. The lowest BCUT2D eigenvalue weighted by Crippen LogP contribution is -2.18. The molecule has 0 aromatic carbocycles. The third kappa shape index (κ3) is 2.96. The van der Waals surface area contributed by atoms with Crippen molar-refractivity contribution >= 4 is 23.3 Å². The van der Waals surface area contributed by atoms with Gasteiger partial charge in [-0.05, 0) is 6.92 Å². The van der Waals surface area contributed by atoms with Crippen molar-refractivity contribution in [3.8, 4) is 0 Å². The molecule has 106 valence electrons. The smallest absolute Gasteiger partial charge is 0.277 e. The number of hydrogen-bond acceptors (Lipinski definition) is 4. The molecule has 0 radical (unpaired) electrons. The van der Waals surface area contributed by atoms with Crippen molar-refractivity contribution < 1.29 is 4.79 Å². The van der Waals surface area contributed by atoms with E-state index < -0.39 is 0 Å². The van der Waals surface area contributed by atoms with E-state index in [2.05, 4.69) is 20.4 Å². The van der Waals surface area contributed by atoms with Crippen molar-refractivity contribution in [1.82, 2.24) is 19.7 Å². The predicted molar refractivity (Wildman–Crippen MR) is 77.0 cm³/mol. The largest absolute Gasteiger partial charge is 0.305 e. The molecule has 0 spiro atoms. The molecule has 20 heavy (non-hydrogen) atoms. The molecule has 2 aromatic heterocycles. The van der Waals surface area contributed by atoms with Gasteiger partial charge in [-0.3, -0.25) is 9.48 Å². The van der Waals surface area contributed by atoms with Crippen LogP contribution in [-0.2, 0) is 7.05 Å². The second kappa shape index (κ2) is 5.58.